The third-order valence-electron chi connectivity index (χ3n) is 3.80. The van der Waals surface area contributed by atoms with Crippen LogP contribution in [0.4, 0.5) is 0 Å². The molecule has 0 bridgehead atoms. The second kappa shape index (κ2) is 10.1. The number of benzene rings is 1. The van der Waals surface area contributed by atoms with Crippen LogP contribution in [-0.2, 0) is 15.6 Å². The molecule has 1 aliphatic rings. The van der Waals surface area contributed by atoms with E-state index >= 15 is 0 Å². The quantitative estimate of drug-likeness (QED) is 0.312. The number of aliphatic imine (C=N–C) groups is 1. The number of hydrogen-bond acceptors (Lipinski definition) is 3. The maximum Gasteiger partial charge on any atom is 0.191 e. The largest absolute Gasteiger partial charge is 0.370 e. The summed E-state index contributed by atoms with van der Waals surface area (Å²) in [6.07, 6.45) is 4.08. The average Bonchev–Trinajstić information content (AvgIpc) is 2.53. The Morgan fingerprint density at radius 2 is 1.78 bits per heavy atom. The molecule has 130 valence electrons. The van der Waals surface area contributed by atoms with Crippen LogP contribution in [0.25, 0.3) is 0 Å². The number of guanidine groups is 1. The molecule has 23 heavy (non-hydrogen) atoms. The van der Waals surface area contributed by atoms with E-state index in [-0.39, 0.29) is 35.5 Å². The lowest BCUT2D eigenvalue weighted by Gasteiger charge is -2.27. The van der Waals surface area contributed by atoms with Gasteiger partial charge in [0.2, 0.25) is 0 Å². The summed E-state index contributed by atoms with van der Waals surface area (Å²) in [6.45, 7) is 2.39. The van der Waals surface area contributed by atoms with Crippen LogP contribution in [0.15, 0.2) is 35.3 Å². The highest BCUT2D eigenvalue weighted by Crippen LogP contribution is 2.09. The maximum atomic E-state index is 12.1. The van der Waals surface area contributed by atoms with Crippen LogP contribution in [0.5, 0.6) is 0 Å². The fourth-order valence-corrected chi connectivity index (χ4v) is 4.01. The van der Waals surface area contributed by atoms with Gasteiger partial charge in [0.15, 0.2) is 15.8 Å². The molecule has 1 aliphatic heterocycles. The lowest BCUT2D eigenvalue weighted by Crippen LogP contribution is -2.40. The van der Waals surface area contributed by atoms with E-state index in [4.69, 9.17) is 5.73 Å². The summed E-state index contributed by atoms with van der Waals surface area (Å²) in [4.78, 5) is 6.40. The third kappa shape index (κ3) is 7.52. The van der Waals surface area contributed by atoms with Gasteiger partial charge in [-0.25, -0.2) is 8.42 Å². The van der Waals surface area contributed by atoms with Crippen LogP contribution in [0.1, 0.15) is 31.2 Å². The van der Waals surface area contributed by atoms with Gasteiger partial charge < -0.3 is 10.6 Å². The summed E-state index contributed by atoms with van der Waals surface area (Å²) in [6, 6.07) is 9.27. The van der Waals surface area contributed by atoms with Gasteiger partial charge in [0, 0.05) is 19.6 Å². The molecule has 1 fully saturated rings. The molecule has 1 aromatic rings. The maximum absolute atomic E-state index is 12.1. The Morgan fingerprint density at radius 3 is 2.43 bits per heavy atom. The molecule has 0 unspecified atom stereocenters. The van der Waals surface area contributed by atoms with Crippen LogP contribution in [0.2, 0.25) is 0 Å². The highest BCUT2D eigenvalue weighted by molar-refractivity contribution is 14.0. The van der Waals surface area contributed by atoms with Gasteiger partial charge in [0.25, 0.3) is 0 Å². The molecule has 7 heteroatoms. The van der Waals surface area contributed by atoms with E-state index in [1.165, 1.54) is 6.42 Å². The molecule has 0 atom stereocenters. The number of likely N-dealkylation sites (tertiary alicyclic amines) is 1. The minimum atomic E-state index is -3.08. The lowest BCUT2D eigenvalue weighted by atomic mass is 10.1. The molecule has 2 rings (SSSR count). The summed E-state index contributed by atoms with van der Waals surface area (Å²) in [5, 5.41) is 0. The number of piperidine rings is 1. The van der Waals surface area contributed by atoms with E-state index in [9.17, 15) is 8.42 Å². The van der Waals surface area contributed by atoms with Gasteiger partial charge >= 0.3 is 0 Å². The number of halogens is 1. The summed E-state index contributed by atoms with van der Waals surface area (Å²) < 4.78 is 24.1. The van der Waals surface area contributed by atoms with E-state index in [0.29, 0.717) is 18.9 Å². The van der Waals surface area contributed by atoms with Crippen molar-refractivity contribution in [3.8, 4) is 0 Å². The third-order valence-corrected chi connectivity index (χ3v) is 5.48. The zero-order chi connectivity index (χ0) is 15.8. The predicted octanol–water partition coefficient (Wildman–Crippen LogP) is 2.41. The molecular weight excluding hydrogens is 425 g/mol. The zero-order valence-electron chi connectivity index (χ0n) is 13.4. The van der Waals surface area contributed by atoms with Crippen LogP contribution in [0, 0.1) is 0 Å². The smallest absolute Gasteiger partial charge is 0.191 e. The van der Waals surface area contributed by atoms with Crippen molar-refractivity contribution in [1.82, 2.24) is 4.90 Å². The molecular formula is C16H26IN3O2S. The van der Waals surface area contributed by atoms with Gasteiger partial charge in [0.05, 0.1) is 11.5 Å². The van der Waals surface area contributed by atoms with E-state index in [0.717, 1.165) is 31.5 Å². The normalized spacial score (nSPS) is 16.0. The van der Waals surface area contributed by atoms with Crippen molar-refractivity contribution in [3.63, 3.8) is 0 Å². The summed E-state index contributed by atoms with van der Waals surface area (Å²) in [5.74, 6) is 0.804. The molecule has 0 radical (unpaired) electrons. The standard InChI is InChI=1S/C16H25N3O2S.HI/c17-16(19-11-5-2-6-12-19)18-10-7-13-22(20,21)14-15-8-3-1-4-9-15;/h1,3-4,8-9H,2,5-7,10-14H2,(H2,17,18);1H. The summed E-state index contributed by atoms with van der Waals surface area (Å²) >= 11 is 0. The minimum absolute atomic E-state index is 0. The summed E-state index contributed by atoms with van der Waals surface area (Å²) in [7, 11) is -3.08. The van der Waals surface area contributed by atoms with Crippen molar-refractivity contribution in [2.45, 2.75) is 31.4 Å². The second-order valence-corrected chi connectivity index (χ2v) is 7.90. The Hall–Kier alpha value is -0.830. The Morgan fingerprint density at radius 1 is 1.13 bits per heavy atom. The molecule has 1 saturated heterocycles. The van der Waals surface area contributed by atoms with Crippen LogP contribution >= 0.6 is 24.0 Å². The lowest BCUT2D eigenvalue weighted by molar-refractivity contribution is 0.338. The van der Waals surface area contributed by atoms with Gasteiger partial charge in [-0.15, -0.1) is 24.0 Å². The number of nitrogens with zero attached hydrogens (tertiary/aromatic N) is 2. The molecule has 0 amide bonds. The predicted molar refractivity (Wildman–Crippen MR) is 106 cm³/mol. The fraction of sp³-hybridized carbons (Fsp3) is 0.562. The van der Waals surface area contributed by atoms with Gasteiger partial charge in [0.1, 0.15) is 0 Å². The van der Waals surface area contributed by atoms with Gasteiger partial charge in [-0.2, -0.15) is 0 Å². The Kier molecular flexibility index (Phi) is 8.90. The molecule has 0 saturated carbocycles. The number of rotatable bonds is 6. The molecule has 0 aromatic heterocycles. The number of hydrogen-bond donors (Lipinski definition) is 1. The summed E-state index contributed by atoms with van der Waals surface area (Å²) in [5.41, 5.74) is 6.78. The highest BCUT2D eigenvalue weighted by Gasteiger charge is 2.13. The molecule has 2 N–H and O–H groups in total. The molecule has 5 nitrogen and oxygen atoms in total. The van der Waals surface area contributed by atoms with Crippen molar-refractivity contribution < 1.29 is 8.42 Å². The zero-order valence-corrected chi connectivity index (χ0v) is 16.5. The van der Waals surface area contributed by atoms with Crippen LogP contribution in [0.3, 0.4) is 0 Å². The number of sulfone groups is 1. The first kappa shape index (κ1) is 20.2. The Bertz CT molecular complexity index is 585. The first-order chi connectivity index (χ1) is 10.6. The van der Waals surface area contributed by atoms with Gasteiger partial charge in [-0.3, -0.25) is 4.99 Å². The molecule has 1 heterocycles. The SMILES string of the molecule is I.NC(=NCCCS(=O)(=O)Cc1ccccc1)N1CCCCC1. The molecule has 1 aromatic carbocycles. The van der Waals surface area contributed by atoms with Crippen molar-refractivity contribution >= 4 is 39.8 Å². The molecule has 0 spiro atoms. The van der Waals surface area contributed by atoms with Crippen LogP contribution < -0.4 is 5.73 Å². The fourth-order valence-electron chi connectivity index (χ4n) is 2.60. The van der Waals surface area contributed by atoms with E-state index in [1.807, 2.05) is 30.3 Å². The Labute approximate surface area is 156 Å². The van der Waals surface area contributed by atoms with Crippen LogP contribution in [-0.4, -0.2) is 44.7 Å². The Balaban J connectivity index is 0.00000264. The van der Waals surface area contributed by atoms with E-state index in [2.05, 4.69) is 9.89 Å². The second-order valence-electron chi connectivity index (χ2n) is 5.72. The van der Waals surface area contributed by atoms with Gasteiger partial charge in [-0.05, 0) is 31.2 Å². The van der Waals surface area contributed by atoms with Crippen molar-refractivity contribution in [1.29, 1.82) is 0 Å². The van der Waals surface area contributed by atoms with E-state index in [1.54, 1.807) is 0 Å². The molecule has 0 aliphatic carbocycles. The first-order valence-corrected chi connectivity index (χ1v) is 9.68. The minimum Gasteiger partial charge on any atom is -0.370 e. The number of nitrogens with two attached hydrogens (primary N) is 1. The monoisotopic (exact) mass is 451 g/mol. The first-order valence-electron chi connectivity index (χ1n) is 7.86. The topological polar surface area (TPSA) is 75.8 Å². The van der Waals surface area contributed by atoms with Gasteiger partial charge in [-0.1, -0.05) is 30.3 Å². The van der Waals surface area contributed by atoms with Crippen molar-refractivity contribution in [2.24, 2.45) is 10.7 Å². The van der Waals surface area contributed by atoms with E-state index < -0.39 is 9.84 Å². The van der Waals surface area contributed by atoms with Crippen molar-refractivity contribution in [2.75, 3.05) is 25.4 Å². The highest BCUT2D eigenvalue weighted by atomic mass is 127. The average molecular weight is 451 g/mol. The van der Waals surface area contributed by atoms with Crippen molar-refractivity contribution in [3.05, 3.63) is 35.9 Å².